The lowest BCUT2D eigenvalue weighted by Crippen LogP contribution is -2.25. The van der Waals surface area contributed by atoms with E-state index >= 15 is 0 Å². The number of hydrogen-bond acceptors (Lipinski definition) is 2. The normalized spacial score (nSPS) is 11.9. The smallest absolute Gasteiger partial charge is 0.361 e. The number of amides is 1. The van der Waals surface area contributed by atoms with E-state index < -0.39 is 11.9 Å². The summed E-state index contributed by atoms with van der Waals surface area (Å²) in [7, 11) is 0. The second kappa shape index (κ2) is 8.90. The highest BCUT2D eigenvalue weighted by atomic mass is 35.5. The molecule has 0 fully saturated rings. The predicted molar refractivity (Wildman–Crippen MR) is 106 cm³/mol. The molecule has 0 aliphatic rings. The van der Waals surface area contributed by atoms with Gasteiger partial charge in [0.2, 0.25) is 5.91 Å². The molecule has 0 aliphatic carbocycles. The molecule has 0 saturated heterocycles. The Morgan fingerprint density at radius 2 is 2.03 bits per heavy atom. The van der Waals surface area contributed by atoms with Crippen LogP contribution in [-0.2, 0) is 23.9 Å². The molecule has 5 nitrogen and oxygen atoms in total. The molecule has 9 heteroatoms. The van der Waals surface area contributed by atoms with Crippen LogP contribution in [0.2, 0.25) is 5.02 Å². The molecule has 0 aliphatic heterocycles. The molecular weight excluding hydrogens is 405 g/mol. The molecule has 156 valence electrons. The van der Waals surface area contributed by atoms with E-state index in [4.69, 9.17) is 11.6 Å². The number of halogens is 4. The van der Waals surface area contributed by atoms with Gasteiger partial charge in [0.1, 0.15) is 0 Å². The first-order chi connectivity index (χ1) is 13.8. The van der Waals surface area contributed by atoms with E-state index in [0.717, 1.165) is 18.4 Å². The quantitative estimate of drug-likeness (QED) is 0.504. The van der Waals surface area contributed by atoms with E-state index in [1.165, 1.54) is 22.6 Å². The summed E-state index contributed by atoms with van der Waals surface area (Å²) in [5.41, 5.74) is 1.46. The summed E-state index contributed by atoms with van der Waals surface area (Å²) in [5, 5.41) is 7.13. The minimum atomic E-state index is -4.58. The van der Waals surface area contributed by atoms with Crippen molar-refractivity contribution in [2.24, 2.45) is 0 Å². The van der Waals surface area contributed by atoms with E-state index in [1.54, 1.807) is 0 Å². The molecule has 0 spiro atoms. The molecule has 2 aromatic heterocycles. The maximum Gasteiger partial charge on any atom is 0.436 e. The summed E-state index contributed by atoms with van der Waals surface area (Å²) >= 11 is 5.72. The molecule has 29 heavy (non-hydrogen) atoms. The third-order valence-electron chi connectivity index (χ3n) is 4.80. The average Bonchev–Trinajstić information content (AvgIpc) is 3.21. The predicted octanol–water partition coefficient (Wildman–Crippen LogP) is 4.87. The van der Waals surface area contributed by atoms with E-state index in [-0.39, 0.29) is 23.2 Å². The SMILES string of the molecule is Cc1c(Cl)c(C(F)(F)F)nn1CCCNC(=O)CCCc1c[nH]c2ccccc12. The lowest BCUT2D eigenvalue weighted by atomic mass is 10.1. The topological polar surface area (TPSA) is 62.7 Å². The molecule has 2 heterocycles. The number of benzene rings is 1. The van der Waals surface area contributed by atoms with Gasteiger partial charge in [0.05, 0.1) is 10.7 Å². The maximum absolute atomic E-state index is 12.8. The Balaban J connectivity index is 1.39. The number of rotatable bonds is 8. The Bertz CT molecular complexity index is 993. The number of nitrogens with zero attached hydrogens (tertiary/aromatic N) is 2. The average molecular weight is 427 g/mol. The Labute approximate surface area is 171 Å². The van der Waals surface area contributed by atoms with Crippen LogP contribution < -0.4 is 5.32 Å². The van der Waals surface area contributed by atoms with Gasteiger partial charge in [-0.1, -0.05) is 29.8 Å². The van der Waals surface area contributed by atoms with Gasteiger partial charge in [0.25, 0.3) is 0 Å². The molecule has 0 saturated carbocycles. The van der Waals surface area contributed by atoms with Gasteiger partial charge in [0.15, 0.2) is 5.69 Å². The van der Waals surface area contributed by atoms with Crippen molar-refractivity contribution in [1.82, 2.24) is 20.1 Å². The molecule has 1 amide bonds. The van der Waals surface area contributed by atoms with E-state index in [0.29, 0.717) is 19.4 Å². The monoisotopic (exact) mass is 426 g/mol. The maximum atomic E-state index is 12.8. The lowest BCUT2D eigenvalue weighted by Gasteiger charge is -2.07. The van der Waals surface area contributed by atoms with Gasteiger partial charge in [-0.2, -0.15) is 18.3 Å². The zero-order valence-electron chi connectivity index (χ0n) is 15.9. The van der Waals surface area contributed by atoms with Gasteiger partial charge in [0, 0.05) is 36.6 Å². The summed E-state index contributed by atoms with van der Waals surface area (Å²) in [6.45, 7) is 2.11. The minimum Gasteiger partial charge on any atom is -0.361 e. The van der Waals surface area contributed by atoms with Crippen LogP contribution in [0, 0.1) is 6.92 Å². The van der Waals surface area contributed by atoms with Crippen LogP contribution in [0.15, 0.2) is 30.5 Å². The van der Waals surface area contributed by atoms with E-state index in [2.05, 4.69) is 21.5 Å². The fourth-order valence-electron chi connectivity index (χ4n) is 3.25. The number of H-pyrrole nitrogens is 1. The Hall–Kier alpha value is -2.48. The van der Waals surface area contributed by atoms with Crippen molar-refractivity contribution in [3.05, 3.63) is 52.4 Å². The molecular formula is C20H22ClF3N4O. The van der Waals surface area contributed by atoms with Gasteiger partial charge < -0.3 is 10.3 Å². The molecule has 0 radical (unpaired) electrons. The molecule has 1 aromatic carbocycles. The summed E-state index contributed by atoms with van der Waals surface area (Å²) in [4.78, 5) is 15.2. The number of aromatic amines is 1. The molecule has 2 N–H and O–H groups in total. The summed E-state index contributed by atoms with van der Waals surface area (Å²) in [6.07, 6.45) is -0.241. The first-order valence-corrected chi connectivity index (χ1v) is 9.77. The van der Waals surface area contributed by atoms with Crippen LogP contribution >= 0.6 is 11.6 Å². The van der Waals surface area contributed by atoms with Crippen LogP contribution in [0.5, 0.6) is 0 Å². The Morgan fingerprint density at radius 1 is 1.28 bits per heavy atom. The van der Waals surface area contributed by atoms with Gasteiger partial charge in [-0.05, 0) is 37.8 Å². The van der Waals surface area contributed by atoms with E-state index in [1.807, 2.05) is 24.4 Å². The fraction of sp³-hybridized carbons (Fsp3) is 0.400. The number of hydrogen-bond donors (Lipinski definition) is 2. The second-order valence-electron chi connectivity index (χ2n) is 6.89. The molecule has 0 bridgehead atoms. The summed E-state index contributed by atoms with van der Waals surface area (Å²) < 4.78 is 39.7. The highest BCUT2D eigenvalue weighted by Gasteiger charge is 2.38. The zero-order valence-corrected chi connectivity index (χ0v) is 16.7. The standard InChI is InChI=1S/C20H22ClF3N4O/c1-13-18(21)19(20(22,23)24)27-28(13)11-5-10-25-17(29)9-4-6-14-12-26-16-8-3-2-7-15(14)16/h2-3,7-8,12,26H,4-6,9-11H2,1H3,(H,25,29). The van der Waals surface area contributed by atoms with Crippen molar-refractivity contribution in [1.29, 1.82) is 0 Å². The highest BCUT2D eigenvalue weighted by Crippen LogP contribution is 2.35. The molecule has 3 rings (SSSR count). The zero-order chi connectivity index (χ0) is 21.0. The summed E-state index contributed by atoms with van der Waals surface area (Å²) in [6, 6.07) is 8.02. The van der Waals surface area contributed by atoms with Gasteiger partial charge in [-0.25, -0.2) is 0 Å². The van der Waals surface area contributed by atoms with Crippen LogP contribution in [0.1, 0.15) is 36.2 Å². The third-order valence-corrected chi connectivity index (χ3v) is 5.25. The van der Waals surface area contributed by atoms with E-state index in [9.17, 15) is 18.0 Å². The summed E-state index contributed by atoms with van der Waals surface area (Å²) in [5.74, 6) is -0.0731. The van der Waals surface area contributed by atoms with Crippen molar-refractivity contribution >= 4 is 28.4 Å². The Morgan fingerprint density at radius 3 is 2.76 bits per heavy atom. The highest BCUT2D eigenvalue weighted by molar-refractivity contribution is 6.31. The van der Waals surface area contributed by atoms with Gasteiger partial charge in [-0.15, -0.1) is 0 Å². The molecule has 3 aromatic rings. The molecule has 0 atom stereocenters. The number of aromatic nitrogens is 3. The number of carbonyl (C=O) groups excluding carboxylic acids is 1. The first-order valence-electron chi connectivity index (χ1n) is 9.39. The van der Waals surface area contributed by atoms with Gasteiger partial charge >= 0.3 is 6.18 Å². The fourth-order valence-corrected chi connectivity index (χ4v) is 3.49. The van der Waals surface area contributed by atoms with Crippen molar-refractivity contribution in [3.63, 3.8) is 0 Å². The van der Waals surface area contributed by atoms with Crippen LogP contribution in [0.4, 0.5) is 13.2 Å². The number of nitrogens with one attached hydrogen (secondary N) is 2. The number of alkyl halides is 3. The van der Waals surface area contributed by atoms with Crippen molar-refractivity contribution in [3.8, 4) is 0 Å². The van der Waals surface area contributed by atoms with Crippen LogP contribution in [0.25, 0.3) is 10.9 Å². The molecule has 0 unspecified atom stereocenters. The largest absolute Gasteiger partial charge is 0.436 e. The number of fused-ring (bicyclic) bond motifs is 1. The second-order valence-corrected chi connectivity index (χ2v) is 7.26. The van der Waals surface area contributed by atoms with Crippen molar-refractivity contribution in [2.75, 3.05) is 6.54 Å². The number of carbonyl (C=O) groups is 1. The van der Waals surface area contributed by atoms with Crippen LogP contribution in [-0.4, -0.2) is 27.2 Å². The third kappa shape index (κ3) is 5.12. The Kier molecular flexibility index (Phi) is 6.52. The van der Waals surface area contributed by atoms with Gasteiger partial charge in [-0.3, -0.25) is 9.48 Å². The lowest BCUT2D eigenvalue weighted by molar-refractivity contribution is -0.141. The van der Waals surface area contributed by atoms with Crippen molar-refractivity contribution < 1.29 is 18.0 Å². The number of aryl methyl sites for hydroxylation is 2. The number of para-hydroxylation sites is 1. The van der Waals surface area contributed by atoms with Crippen LogP contribution in [0.3, 0.4) is 0 Å². The minimum absolute atomic E-state index is 0.0731. The van der Waals surface area contributed by atoms with Crippen molar-refractivity contribution in [2.45, 2.75) is 45.3 Å². The first kappa shape index (κ1) is 21.2.